The number of rotatable bonds is 7. The molecule has 0 aromatic rings. The minimum absolute atomic E-state index is 0. The average molecular weight is 347 g/mol. The van der Waals surface area contributed by atoms with E-state index in [0.717, 1.165) is 51.2 Å². The smallest absolute Gasteiger partial charge is 0.249 e. The summed E-state index contributed by atoms with van der Waals surface area (Å²) in [5.41, 5.74) is 0. The summed E-state index contributed by atoms with van der Waals surface area (Å²) in [7, 11) is 0. The van der Waals surface area contributed by atoms with Gasteiger partial charge in [0, 0.05) is 6.54 Å². The SMILES string of the molecule is CCC(OC1CCCC(C)C1)C(=O)NCCC1CCCNC1.Cl. The molecule has 0 aromatic heterocycles. The van der Waals surface area contributed by atoms with Crippen LogP contribution in [0, 0.1) is 11.8 Å². The average Bonchev–Trinajstić information content (AvgIpc) is 2.53. The van der Waals surface area contributed by atoms with Crippen LogP contribution in [0.5, 0.6) is 0 Å². The Morgan fingerprint density at radius 1 is 1.30 bits per heavy atom. The zero-order valence-electron chi connectivity index (χ0n) is 14.8. The summed E-state index contributed by atoms with van der Waals surface area (Å²) in [5.74, 6) is 1.54. The number of carbonyl (C=O) groups is 1. The van der Waals surface area contributed by atoms with Crippen LogP contribution >= 0.6 is 12.4 Å². The van der Waals surface area contributed by atoms with Crippen molar-refractivity contribution in [2.24, 2.45) is 11.8 Å². The highest BCUT2D eigenvalue weighted by Gasteiger charge is 2.25. The normalized spacial score (nSPS) is 29.4. The topological polar surface area (TPSA) is 50.4 Å². The molecule has 0 radical (unpaired) electrons. The summed E-state index contributed by atoms with van der Waals surface area (Å²) in [4.78, 5) is 12.3. The van der Waals surface area contributed by atoms with Crippen molar-refractivity contribution in [1.29, 1.82) is 0 Å². The van der Waals surface area contributed by atoms with Crippen molar-refractivity contribution in [2.45, 2.75) is 77.4 Å². The predicted octanol–water partition coefficient (Wildman–Crippen LogP) is 3.29. The maximum atomic E-state index is 12.3. The highest BCUT2D eigenvalue weighted by atomic mass is 35.5. The quantitative estimate of drug-likeness (QED) is 0.743. The maximum Gasteiger partial charge on any atom is 0.249 e. The van der Waals surface area contributed by atoms with Crippen molar-refractivity contribution in [3.63, 3.8) is 0 Å². The van der Waals surface area contributed by atoms with Crippen LogP contribution in [0.15, 0.2) is 0 Å². The molecule has 1 amide bonds. The molecule has 2 fully saturated rings. The fourth-order valence-corrected chi connectivity index (χ4v) is 3.76. The van der Waals surface area contributed by atoms with Gasteiger partial charge in [0.05, 0.1) is 6.10 Å². The Hall–Kier alpha value is -0.320. The van der Waals surface area contributed by atoms with E-state index in [9.17, 15) is 4.79 Å². The number of amides is 1. The summed E-state index contributed by atoms with van der Waals surface area (Å²) in [6.07, 6.45) is 9.17. The molecular formula is C18H35ClN2O2. The third kappa shape index (κ3) is 7.40. The van der Waals surface area contributed by atoms with E-state index in [2.05, 4.69) is 17.6 Å². The molecule has 136 valence electrons. The van der Waals surface area contributed by atoms with E-state index in [-0.39, 0.29) is 30.5 Å². The number of piperidine rings is 1. The molecule has 1 saturated carbocycles. The number of hydrogen-bond donors (Lipinski definition) is 2. The molecular weight excluding hydrogens is 312 g/mol. The van der Waals surface area contributed by atoms with Gasteiger partial charge in [0.25, 0.3) is 0 Å². The first-order valence-corrected chi connectivity index (χ1v) is 9.33. The Kier molecular flexibility index (Phi) is 10.2. The van der Waals surface area contributed by atoms with Crippen molar-refractivity contribution in [1.82, 2.24) is 10.6 Å². The van der Waals surface area contributed by atoms with Gasteiger partial charge >= 0.3 is 0 Å². The molecule has 2 rings (SSSR count). The van der Waals surface area contributed by atoms with Crippen molar-refractivity contribution < 1.29 is 9.53 Å². The molecule has 0 spiro atoms. The first-order chi connectivity index (χ1) is 10.7. The third-order valence-electron chi connectivity index (χ3n) is 5.16. The molecule has 2 aliphatic rings. The van der Waals surface area contributed by atoms with Crippen LogP contribution in [0.4, 0.5) is 0 Å². The van der Waals surface area contributed by atoms with Gasteiger partial charge in [-0.15, -0.1) is 12.4 Å². The van der Waals surface area contributed by atoms with Gasteiger partial charge in [0.1, 0.15) is 6.10 Å². The molecule has 4 atom stereocenters. The van der Waals surface area contributed by atoms with E-state index in [0.29, 0.717) is 5.92 Å². The Labute approximate surface area is 147 Å². The lowest BCUT2D eigenvalue weighted by molar-refractivity contribution is -0.139. The summed E-state index contributed by atoms with van der Waals surface area (Å²) in [6.45, 7) is 7.36. The number of ether oxygens (including phenoxy) is 1. The number of nitrogens with one attached hydrogen (secondary N) is 2. The van der Waals surface area contributed by atoms with Gasteiger partial charge in [-0.2, -0.15) is 0 Å². The molecule has 2 N–H and O–H groups in total. The Balaban J connectivity index is 0.00000264. The second-order valence-electron chi connectivity index (χ2n) is 7.22. The van der Waals surface area contributed by atoms with Crippen LogP contribution in [0.25, 0.3) is 0 Å². The molecule has 1 aliphatic carbocycles. The van der Waals surface area contributed by atoms with Crippen molar-refractivity contribution in [3.8, 4) is 0 Å². The second-order valence-corrected chi connectivity index (χ2v) is 7.22. The zero-order chi connectivity index (χ0) is 15.8. The maximum absolute atomic E-state index is 12.3. The summed E-state index contributed by atoms with van der Waals surface area (Å²) < 4.78 is 6.09. The molecule has 4 nitrogen and oxygen atoms in total. The molecule has 5 heteroatoms. The number of hydrogen-bond acceptors (Lipinski definition) is 3. The largest absolute Gasteiger partial charge is 0.365 e. The van der Waals surface area contributed by atoms with Crippen LogP contribution in [0.2, 0.25) is 0 Å². The summed E-state index contributed by atoms with van der Waals surface area (Å²) in [6, 6.07) is 0. The predicted molar refractivity (Wildman–Crippen MR) is 97.1 cm³/mol. The molecule has 0 aromatic carbocycles. The first-order valence-electron chi connectivity index (χ1n) is 9.33. The standard InChI is InChI=1S/C18H34N2O2.ClH/c1-3-17(22-16-8-4-6-14(2)12-16)18(21)20-11-9-15-7-5-10-19-13-15;/h14-17,19H,3-13H2,1-2H3,(H,20,21);1H. The monoisotopic (exact) mass is 346 g/mol. The van der Waals surface area contributed by atoms with E-state index in [1.54, 1.807) is 0 Å². The minimum Gasteiger partial charge on any atom is -0.365 e. The van der Waals surface area contributed by atoms with Gasteiger partial charge < -0.3 is 15.4 Å². The summed E-state index contributed by atoms with van der Waals surface area (Å²) >= 11 is 0. The van der Waals surface area contributed by atoms with E-state index in [1.165, 1.54) is 25.7 Å². The molecule has 1 heterocycles. The van der Waals surface area contributed by atoms with Gasteiger partial charge in [-0.05, 0) is 63.5 Å². The second kappa shape index (κ2) is 11.3. The lowest BCUT2D eigenvalue weighted by Gasteiger charge is -2.30. The molecule has 0 bridgehead atoms. The molecule has 23 heavy (non-hydrogen) atoms. The lowest BCUT2D eigenvalue weighted by atomic mass is 9.88. The zero-order valence-corrected chi connectivity index (χ0v) is 15.6. The highest BCUT2D eigenvalue weighted by Crippen LogP contribution is 2.27. The van der Waals surface area contributed by atoms with Crippen molar-refractivity contribution in [3.05, 3.63) is 0 Å². The Morgan fingerprint density at radius 3 is 2.78 bits per heavy atom. The van der Waals surface area contributed by atoms with Gasteiger partial charge in [0.2, 0.25) is 5.91 Å². The van der Waals surface area contributed by atoms with Crippen LogP contribution in [0.3, 0.4) is 0 Å². The highest BCUT2D eigenvalue weighted by molar-refractivity contribution is 5.85. The van der Waals surface area contributed by atoms with E-state index in [4.69, 9.17) is 4.74 Å². The van der Waals surface area contributed by atoms with Gasteiger partial charge in [-0.25, -0.2) is 0 Å². The van der Waals surface area contributed by atoms with Crippen LogP contribution in [-0.4, -0.2) is 37.7 Å². The lowest BCUT2D eigenvalue weighted by Crippen LogP contribution is -2.40. The molecule has 1 saturated heterocycles. The fourth-order valence-electron chi connectivity index (χ4n) is 3.76. The van der Waals surface area contributed by atoms with E-state index < -0.39 is 0 Å². The minimum atomic E-state index is -0.264. The molecule has 4 unspecified atom stereocenters. The van der Waals surface area contributed by atoms with Crippen molar-refractivity contribution in [2.75, 3.05) is 19.6 Å². The Morgan fingerprint density at radius 2 is 2.13 bits per heavy atom. The van der Waals surface area contributed by atoms with E-state index >= 15 is 0 Å². The Bertz CT molecular complexity index is 335. The third-order valence-corrected chi connectivity index (χ3v) is 5.16. The molecule has 1 aliphatic heterocycles. The van der Waals surface area contributed by atoms with Crippen LogP contribution < -0.4 is 10.6 Å². The van der Waals surface area contributed by atoms with Crippen LogP contribution in [-0.2, 0) is 9.53 Å². The van der Waals surface area contributed by atoms with Crippen LogP contribution in [0.1, 0.15) is 65.2 Å². The van der Waals surface area contributed by atoms with Crippen molar-refractivity contribution >= 4 is 18.3 Å². The van der Waals surface area contributed by atoms with E-state index in [1.807, 2.05) is 6.92 Å². The van der Waals surface area contributed by atoms with Gasteiger partial charge in [-0.3, -0.25) is 4.79 Å². The first kappa shape index (κ1) is 20.7. The summed E-state index contributed by atoms with van der Waals surface area (Å²) in [5, 5.41) is 6.52. The van der Waals surface area contributed by atoms with Gasteiger partial charge in [-0.1, -0.05) is 26.7 Å². The number of carbonyl (C=O) groups excluding carboxylic acids is 1. The van der Waals surface area contributed by atoms with Gasteiger partial charge in [0.15, 0.2) is 0 Å². The fraction of sp³-hybridized carbons (Fsp3) is 0.944. The number of halogens is 1.